The Hall–Kier alpha value is -1.56. The first-order valence-electron chi connectivity index (χ1n) is 7.98. The number of rotatable bonds is 7. The van der Waals surface area contributed by atoms with Crippen LogP contribution in [0, 0.1) is 37.0 Å². The smallest absolute Gasteiger partial charge is 0.147 e. The lowest BCUT2D eigenvalue weighted by Crippen LogP contribution is -2.29. The van der Waals surface area contributed by atoms with E-state index in [2.05, 4.69) is 43.6 Å². The normalized spacial score (nSPS) is 11.0. The van der Waals surface area contributed by atoms with Crippen molar-refractivity contribution < 1.29 is 0 Å². The molecule has 0 bridgehead atoms. The van der Waals surface area contributed by atoms with Gasteiger partial charge in [-0.15, -0.1) is 0 Å². The summed E-state index contributed by atoms with van der Waals surface area (Å²) < 4.78 is 0. The molecule has 0 N–H and O–H groups in total. The Morgan fingerprint density at radius 2 is 1.62 bits per heavy atom. The number of hydrogen-bond acceptors (Lipinski definition) is 3. The van der Waals surface area contributed by atoms with Crippen LogP contribution in [0.1, 0.15) is 57.4 Å². The lowest BCUT2D eigenvalue weighted by molar-refractivity contribution is 0.532. The molecule has 0 aromatic carbocycles. The summed E-state index contributed by atoms with van der Waals surface area (Å²) in [6.07, 6.45) is 2.25. The molecule has 21 heavy (non-hydrogen) atoms. The van der Waals surface area contributed by atoms with Crippen molar-refractivity contribution >= 4 is 5.82 Å². The SMILES string of the molecule is Cc1cc(C)c(C#N)c(N(CCC(C)C)CCC(C)C)n1. The summed E-state index contributed by atoms with van der Waals surface area (Å²) in [7, 11) is 0. The Bertz CT molecular complexity index is 486. The molecule has 0 spiro atoms. The number of nitrogens with zero attached hydrogens (tertiary/aromatic N) is 3. The van der Waals surface area contributed by atoms with Gasteiger partial charge in [0.05, 0.1) is 5.56 Å². The lowest BCUT2D eigenvalue weighted by atomic mass is 10.1. The van der Waals surface area contributed by atoms with Gasteiger partial charge in [-0.25, -0.2) is 4.98 Å². The Labute approximate surface area is 130 Å². The third kappa shape index (κ3) is 5.38. The molecular weight excluding hydrogens is 258 g/mol. The van der Waals surface area contributed by atoms with Crippen LogP contribution >= 0.6 is 0 Å². The Morgan fingerprint density at radius 3 is 2.05 bits per heavy atom. The van der Waals surface area contributed by atoms with Gasteiger partial charge < -0.3 is 4.90 Å². The van der Waals surface area contributed by atoms with Crippen molar-refractivity contribution in [2.75, 3.05) is 18.0 Å². The predicted molar refractivity (Wildman–Crippen MR) is 89.5 cm³/mol. The average Bonchev–Trinajstić information content (AvgIpc) is 2.37. The highest BCUT2D eigenvalue weighted by Crippen LogP contribution is 2.23. The molecule has 0 atom stereocenters. The van der Waals surface area contributed by atoms with E-state index in [-0.39, 0.29) is 0 Å². The zero-order chi connectivity index (χ0) is 16.0. The third-order valence-corrected chi connectivity index (χ3v) is 3.69. The molecule has 116 valence electrons. The van der Waals surface area contributed by atoms with E-state index in [0.717, 1.165) is 48.6 Å². The van der Waals surface area contributed by atoms with Crippen LogP contribution in [0.2, 0.25) is 0 Å². The zero-order valence-corrected chi connectivity index (χ0v) is 14.4. The van der Waals surface area contributed by atoms with Crippen LogP contribution in [0.15, 0.2) is 6.07 Å². The fourth-order valence-electron chi connectivity index (χ4n) is 2.34. The minimum absolute atomic E-state index is 0.656. The highest BCUT2D eigenvalue weighted by molar-refractivity contribution is 5.58. The molecule has 0 amide bonds. The van der Waals surface area contributed by atoms with E-state index in [1.165, 1.54) is 0 Å². The third-order valence-electron chi connectivity index (χ3n) is 3.69. The van der Waals surface area contributed by atoms with Gasteiger partial charge in [0, 0.05) is 18.8 Å². The fourth-order valence-corrected chi connectivity index (χ4v) is 2.34. The number of hydrogen-bond donors (Lipinski definition) is 0. The van der Waals surface area contributed by atoms with Gasteiger partial charge in [-0.2, -0.15) is 5.26 Å². The Kier molecular flexibility index (Phi) is 6.68. The van der Waals surface area contributed by atoms with E-state index in [1.807, 2.05) is 19.9 Å². The second kappa shape index (κ2) is 8.02. The molecule has 1 heterocycles. The van der Waals surface area contributed by atoms with E-state index in [1.54, 1.807) is 0 Å². The van der Waals surface area contributed by atoms with E-state index in [0.29, 0.717) is 11.8 Å². The van der Waals surface area contributed by atoms with Crippen LogP contribution in [0.25, 0.3) is 0 Å². The second-order valence-corrected chi connectivity index (χ2v) is 6.74. The molecule has 0 saturated carbocycles. The minimum atomic E-state index is 0.656. The summed E-state index contributed by atoms with van der Waals surface area (Å²) in [5.74, 6) is 2.18. The van der Waals surface area contributed by atoms with Crippen molar-refractivity contribution in [2.24, 2.45) is 11.8 Å². The topological polar surface area (TPSA) is 39.9 Å². The zero-order valence-electron chi connectivity index (χ0n) is 14.4. The molecule has 0 saturated heterocycles. The van der Waals surface area contributed by atoms with Crippen molar-refractivity contribution in [3.05, 3.63) is 22.9 Å². The predicted octanol–water partition coefficient (Wildman–Crippen LogP) is 4.47. The number of aryl methyl sites for hydroxylation is 2. The minimum Gasteiger partial charge on any atom is -0.355 e. The maximum Gasteiger partial charge on any atom is 0.147 e. The van der Waals surface area contributed by atoms with Crippen LogP contribution in [0.4, 0.5) is 5.82 Å². The molecule has 0 radical (unpaired) electrons. The number of anilines is 1. The van der Waals surface area contributed by atoms with E-state index < -0.39 is 0 Å². The van der Waals surface area contributed by atoms with Crippen molar-refractivity contribution in [3.8, 4) is 6.07 Å². The number of aromatic nitrogens is 1. The number of pyridine rings is 1. The highest BCUT2D eigenvalue weighted by Gasteiger charge is 2.16. The summed E-state index contributed by atoms with van der Waals surface area (Å²) in [4.78, 5) is 6.97. The lowest BCUT2D eigenvalue weighted by Gasteiger charge is -2.27. The van der Waals surface area contributed by atoms with Gasteiger partial charge in [0.15, 0.2) is 0 Å². The summed E-state index contributed by atoms with van der Waals surface area (Å²) in [6.45, 7) is 14.9. The van der Waals surface area contributed by atoms with Crippen LogP contribution in [-0.4, -0.2) is 18.1 Å². The molecule has 3 nitrogen and oxygen atoms in total. The van der Waals surface area contributed by atoms with Crippen LogP contribution < -0.4 is 4.90 Å². The highest BCUT2D eigenvalue weighted by atomic mass is 15.2. The van der Waals surface area contributed by atoms with Crippen molar-refractivity contribution in [2.45, 2.75) is 54.4 Å². The van der Waals surface area contributed by atoms with Crippen molar-refractivity contribution in [1.82, 2.24) is 4.98 Å². The van der Waals surface area contributed by atoms with E-state index >= 15 is 0 Å². The fraction of sp³-hybridized carbons (Fsp3) is 0.667. The Morgan fingerprint density at radius 1 is 1.10 bits per heavy atom. The molecule has 0 fully saturated rings. The Balaban J connectivity index is 3.09. The maximum absolute atomic E-state index is 9.48. The van der Waals surface area contributed by atoms with Gasteiger partial charge in [-0.05, 0) is 50.2 Å². The first-order chi connectivity index (χ1) is 9.85. The van der Waals surface area contributed by atoms with Gasteiger partial charge in [0.2, 0.25) is 0 Å². The first kappa shape index (κ1) is 17.5. The molecule has 0 aliphatic carbocycles. The largest absolute Gasteiger partial charge is 0.355 e. The molecular formula is C18H29N3. The van der Waals surface area contributed by atoms with Crippen LogP contribution in [0.5, 0.6) is 0 Å². The molecule has 1 aromatic rings. The first-order valence-corrected chi connectivity index (χ1v) is 7.98. The van der Waals surface area contributed by atoms with E-state index in [4.69, 9.17) is 0 Å². The summed E-state index contributed by atoms with van der Waals surface area (Å²) >= 11 is 0. The number of nitriles is 1. The van der Waals surface area contributed by atoms with Crippen LogP contribution in [-0.2, 0) is 0 Å². The monoisotopic (exact) mass is 287 g/mol. The van der Waals surface area contributed by atoms with Crippen molar-refractivity contribution in [3.63, 3.8) is 0 Å². The van der Waals surface area contributed by atoms with Crippen molar-refractivity contribution in [1.29, 1.82) is 5.26 Å². The quantitative estimate of drug-likeness (QED) is 0.743. The molecule has 1 aromatic heterocycles. The maximum atomic E-state index is 9.48. The van der Waals surface area contributed by atoms with Gasteiger partial charge in [-0.1, -0.05) is 27.7 Å². The van der Waals surface area contributed by atoms with Gasteiger partial charge >= 0.3 is 0 Å². The van der Waals surface area contributed by atoms with Gasteiger partial charge in [0.1, 0.15) is 11.9 Å². The summed E-state index contributed by atoms with van der Waals surface area (Å²) in [6, 6.07) is 4.33. The molecule has 0 unspecified atom stereocenters. The van der Waals surface area contributed by atoms with E-state index in [9.17, 15) is 5.26 Å². The molecule has 1 rings (SSSR count). The van der Waals surface area contributed by atoms with Gasteiger partial charge in [-0.3, -0.25) is 0 Å². The average molecular weight is 287 g/mol. The summed E-state index contributed by atoms with van der Waals surface area (Å²) in [5, 5.41) is 9.48. The summed E-state index contributed by atoms with van der Waals surface area (Å²) in [5.41, 5.74) is 2.74. The van der Waals surface area contributed by atoms with Gasteiger partial charge in [0.25, 0.3) is 0 Å². The standard InChI is InChI=1S/C18H29N3/c1-13(2)7-9-21(10-8-14(3)4)18-17(12-19)15(5)11-16(6)20-18/h11,13-14H,7-10H2,1-6H3. The van der Waals surface area contributed by atoms with Crippen LogP contribution in [0.3, 0.4) is 0 Å². The molecule has 3 heteroatoms. The second-order valence-electron chi connectivity index (χ2n) is 6.74. The molecule has 0 aliphatic rings. The molecule has 0 aliphatic heterocycles.